The number of nitrogens with one attached hydrogen (secondary N) is 1. The predicted octanol–water partition coefficient (Wildman–Crippen LogP) is 3.49. The van der Waals surface area contributed by atoms with Gasteiger partial charge < -0.3 is 14.5 Å². The first-order valence-electron chi connectivity index (χ1n) is 7.90. The number of rotatable bonds is 5. The second kappa shape index (κ2) is 7.17. The van der Waals surface area contributed by atoms with Crippen LogP contribution in [0.25, 0.3) is 11.1 Å². The molecule has 3 rings (SSSR count). The number of ether oxygens (including phenoxy) is 1. The second-order valence-corrected chi connectivity index (χ2v) is 5.63. The number of nitrogens with zero attached hydrogens (tertiary/aromatic N) is 1. The molecule has 6 heteroatoms. The topological polar surface area (TPSA) is 81.4 Å². The minimum atomic E-state index is -0.498. The zero-order valence-corrected chi connectivity index (χ0v) is 14.0. The molecular formula is C19H18N2O4. The van der Waals surface area contributed by atoms with Crippen LogP contribution in [0.4, 0.5) is 5.69 Å². The molecule has 1 N–H and O–H groups in total. The molecule has 0 aliphatic heterocycles. The van der Waals surface area contributed by atoms with Crippen LogP contribution in [0.1, 0.15) is 28.2 Å². The fourth-order valence-corrected chi connectivity index (χ4v) is 2.59. The van der Waals surface area contributed by atoms with Crippen molar-refractivity contribution in [3.63, 3.8) is 0 Å². The number of esters is 1. The molecule has 0 saturated carbocycles. The fourth-order valence-electron chi connectivity index (χ4n) is 2.59. The highest BCUT2D eigenvalue weighted by Crippen LogP contribution is 2.27. The molecule has 0 aliphatic rings. The molecule has 1 aromatic heterocycles. The van der Waals surface area contributed by atoms with E-state index in [1.165, 1.54) is 7.11 Å². The van der Waals surface area contributed by atoms with E-state index >= 15 is 0 Å². The number of anilines is 1. The summed E-state index contributed by atoms with van der Waals surface area (Å²) in [6, 6.07) is 12.9. The van der Waals surface area contributed by atoms with Gasteiger partial charge in [0.05, 0.1) is 18.4 Å². The van der Waals surface area contributed by atoms with Gasteiger partial charge in [-0.05, 0) is 24.1 Å². The summed E-state index contributed by atoms with van der Waals surface area (Å²) in [4.78, 5) is 28.3. The molecule has 1 amide bonds. The van der Waals surface area contributed by atoms with Crippen molar-refractivity contribution in [2.24, 2.45) is 0 Å². The van der Waals surface area contributed by atoms with Crippen molar-refractivity contribution in [2.45, 2.75) is 19.8 Å². The molecular weight excluding hydrogens is 320 g/mol. The van der Waals surface area contributed by atoms with E-state index in [0.717, 1.165) is 5.56 Å². The number of carbonyl (C=O) groups is 2. The van der Waals surface area contributed by atoms with Crippen molar-refractivity contribution in [1.82, 2.24) is 4.98 Å². The van der Waals surface area contributed by atoms with Crippen molar-refractivity contribution in [1.29, 1.82) is 0 Å². The van der Waals surface area contributed by atoms with Crippen molar-refractivity contribution >= 4 is 28.7 Å². The van der Waals surface area contributed by atoms with E-state index in [4.69, 9.17) is 9.15 Å². The van der Waals surface area contributed by atoms with E-state index in [9.17, 15) is 9.59 Å². The largest absolute Gasteiger partial charge is 0.465 e. The number of oxazole rings is 1. The maximum atomic E-state index is 12.3. The summed E-state index contributed by atoms with van der Waals surface area (Å²) in [7, 11) is 1.30. The number of carbonyl (C=O) groups excluding carboxylic acids is 2. The van der Waals surface area contributed by atoms with E-state index in [-0.39, 0.29) is 5.91 Å². The monoisotopic (exact) mass is 338 g/mol. The second-order valence-electron chi connectivity index (χ2n) is 5.63. The smallest absolute Gasteiger partial charge is 0.338 e. The molecule has 0 fully saturated rings. The SMILES string of the molecule is COC(=O)c1cc(NC(=O)CCc2ccccc2)c2oc(C)nc2c1. The summed E-state index contributed by atoms with van der Waals surface area (Å²) < 4.78 is 10.3. The van der Waals surface area contributed by atoms with Gasteiger partial charge in [-0.3, -0.25) is 4.79 Å². The number of methoxy groups -OCH3 is 1. The Kier molecular flexibility index (Phi) is 4.79. The quantitative estimate of drug-likeness (QED) is 0.720. The third kappa shape index (κ3) is 3.85. The maximum absolute atomic E-state index is 12.3. The first kappa shape index (κ1) is 16.7. The lowest BCUT2D eigenvalue weighted by Crippen LogP contribution is -2.13. The Morgan fingerprint density at radius 1 is 1.20 bits per heavy atom. The molecule has 0 atom stereocenters. The van der Waals surface area contributed by atoms with Crippen LogP contribution in [0.3, 0.4) is 0 Å². The van der Waals surface area contributed by atoms with Gasteiger partial charge in [0, 0.05) is 13.3 Å². The van der Waals surface area contributed by atoms with Gasteiger partial charge in [0.1, 0.15) is 5.52 Å². The van der Waals surface area contributed by atoms with Gasteiger partial charge in [0.2, 0.25) is 5.91 Å². The zero-order chi connectivity index (χ0) is 17.8. The summed E-state index contributed by atoms with van der Waals surface area (Å²) in [5.41, 5.74) is 2.75. The van der Waals surface area contributed by atoms with Gasteiger partial charge in [-0.15, -0.1) is 0 Å². The van der Waals surface area contributed by atoms with Crippen LogP contribution in [0.5, 0.6) is 0 Å². The Morgan fingerprint density at radius 2 is 1.96 bits per heavy atom. The van der Waals surface area contributed by atoms with Gasteiger partial charge in [0.15, 0.2) is 11.5 Å². The lowest BCUT2D eigenvalue weighted by Gasteiger charge is -2.08. The number of fused-ring (bicyclic) bond motifs is 1. The van der Waals surface area contributed by atoms with E-state index in [2.05, 4.69) is 10.3 Å². The van der Waals surface area contributed by atoms with Gasteiger partial charge in [-0.1, -0.05) is 30.3 Å². The van der Waals surface area contributed by atoms with Gasteiger partial charge >= 0.3 is 5.97 Å². The highest BCUT2D eigenvalue weighted by molar-refractivity contribution is 6.03. The third-order valence-electron chi connectivity index (χ3n) is 3.78. The first-order chi connectivity index (χ1) is 12.1. The number of aryl methyl sites for hydroxylation is 2. The van der Waals surface area contributed by atoms with E-state index in [1.807, 2.05) is 30.3 Å². The molecule has 0 saturated heterocycles. The van der Waals surface area contributed by atoms with Crippen LogP contribution in [0.15, 0.2) is 46.9 Å². The van der Waals surface area contributed by atoms with Gasteiger partial charge in [0.25, 0.3) is 0 Å². The van der Waals surface area contributed by atoms with Crippen LogP contribution in [-0.4, -0.2) is 24.0 Å². The number of aromatic nitrogens is 1. The van der Waals surface area contributed by atoms with Crippen molar-refractivity contribution in [2.75, 3.05) is 12.4 Å². The van der Waals surface area contributed by atoms with Crippen molar-refractivity contribution in [3.05, 3.63) is 59.5 Å². The molecule has 0 radical (unpaired) electrons. The number of amides is 1. The Bertz CT molecular complexity index is 916. The molecule has 3 aromatic rings. The Balaban J connectivity index is 1.81. The molecule has 0 spiro atoms. The van der Waals surface area contributed by atoms with E-state index in [0.29, 0.717) is 41.1 Å². The van der Waals surface area contributed by atoms with Crippen LogP contribution < -0.4 is 5.32 Å². The predicted molar refractivity (Wildman–Crippen MR) is 93.5 cm³/mol. The molecule has 0 unspecified atom stereocenters. The highest BCUT2D eigenvalue weighted by Gasteiger charge is 2.16. The Hall–Kier alpha value is -3.15. The Morgan fingerprint density at radius 3 is 2.68 bits per heavy atom. The molecule has 2 aromatic carbocycles. The molecule has 128 valence electrons. The molecule has 0 bridgehead atoms. The average Bonchev–Trinajstić information content (AvgIpc) is 3.00. The molecule has 0 aliphatic carbocycles. The Labute approximate surface area is 144 Å². The van der Waals surface area contributed by atoms with Crippen LogP contribution >= 0.6 is 0 Å². The fraction of sp³-hybridized carbons (Fsp3) is 0.211. The minimum Gasteiger partial charge on any atom is -0.465 e. The van der Waals surface area contributed by atoms with E-state index < -0.39 is 5.97 Å². The third-order valence-corrected chi connectivity index (χ3v) is 3.78. The number of hydrogen-bond acceptors (Lipinski definition) is 5. The van der Waals surface area contributed by atoms with Gasteiger partial charge in [-0.2, -0.15) is 0 Å². The molecule has 1 heterocycles. The van der Waals surface area contributed by atoms with Gasteiger partial charge in [-0.25, -0.2) is 9.78 Å². The summed E-state index contributed by atoms with van der Waals surface area (Å²) in [5, 5.41) is 2.81. The minimum absolute atomic E-state index is 0.166. The molecule has 6 nitrogen and oxygen atoms in total. The summed E-state index contributed by atoms with van der Waals surface area (Å²) in [6.07, 6.45) is 0.947. The normalized spacial score (nSPS) is 10.6. The van der Waals surface area contributed by atoms with Crippen LogP contribution in [0, 0.1) is 6.92 Å². The lowest BCUT2D eigenvalue weighted by atomic mass is 10.1. The lowest BCUT2D eigenvalue weighted by molar-refractivity contribution is -0.116. The van der Waals surface area contributed by atoms with Crippen LogP contribution in [-0.2, 0) is 16.0 Å². The van der Waals surface area contributed by atoms with Crippen molar-refractivity contribution in [3.8, 4) is 0 Å². The molecule has 25 heavy (non-hydrogen) atoms. The summed E-state index contributed by atoms with van der Waals surface area (Å²) in [5.74, 6) is -0.208. The van der Waals surface area contributed by atoms with Crippen LogP contribution in [0.2, 0.25) is 0 Å². The summed E-state index contributed by atoms with van der Waals surface area (Å²) >= 11 is 0. The maximum Gasteiger partial charge on any atom is 0.338 e. The average molecular weight is 338 g/mol. The number of hydrogen-bond donors (Lipinski definition) is 1. The summed E-state index contributed by atoms with van der Waals surface area (Å²) in [6.45, 7) is 1.71. The first-order valence-corrected chi connectivity index (χ1v) is 7.90. The zero-order valence-electron chi connectivity index (χ0n) is 14.0. The highest BCUT2D eigenvalue weighted by atomic mass is 16.5. The van der Waals surface area contributed by atoms with E-state index in [1.54, 1.807) is 19.1 Å². The van der Waals surface area contributed by atoms with Crippen molar-refractivity contribution < 1.29 is 18.7 Å². The number of benzene rings is 2. The standard InChI is InChI=1S/C19H18N2O4/c1-12-20-15-10-14(19(23)24-2)11-16(18(15)25-12)21-17(22)9-8-13-6-4-3-5-7-13/h3-7,10-11H,8-9H2,1-2H3,(H,21,22).